The van der Waals surface area contributed by atoms with Gasteiger partial charge < -0.3 is 9.47 Å². The van der Waals surface area contributed by atoms with E-state index in [1.807, 2.05) is 30.3 Å². The Morgan fingerprint density at radius 1 is 1.47 bits per heavy atom. The number of carbonyl (C=O) groups is 1. The molecule has 19 heavy (non-hydrogen) atoms. The monoisotopic (exact) mass is 260 g/mol. The van der Waals surface area contributed by atoms with Gasteiger partial charge in [0.2, 0.25) is 0 Å². The molecule has 2 unspecified atom stereocenters. The minimum absolute atomic E-state index is 0.0890. The highest BCUT2D eigenvalue weighted by molar-refractivity contribution is 5.69. The van der Waals surface area contributed by atoms with E-state index in [0.29, 0.717) is 13.0 Å². The Labute approximate surface area is 112 Å². The van der Waals surface area contributed by atoms with E-state index in [1.54, 1.807) is 7.11 Å². The first kappa shape index (κ1) is 13.4. The Morgan fingerprint density at radius 3 is 2.84 bits per heavy atom. The molecule has 100 valence electrons. The number of likely N-dealkylation sites (tertiary alicyclic amines) is 1. The van der Waals surface area contributed by atoms with Crippen LogP contribution in [0.3, 0.4) is 0 Å². The van der Waals surface area contributed by atoms with Gasteiger partial charge in [0.25, 0.3) is 0 Å². The molecular weight excluding hydrogens is 244 g/mol. The van der Waals surface area contributed by atoms with Crippen molar-refractivity contribution in [2.45, 2.75) is 25.2 Å². The molecule has 2 rings (SSSR count). The summed E-state index contributed by atoms with van der Waals surface area (Å²) in [6.45, 7) is 0.619. The summed E-state index contributed by atoms with van der Waals surface area (Å²) in [4.78, 5) is 13.4. The summed E-state index contributed by atoms with van der Waals surface area (Å²) in [5, 5.41) is 9.03. The summed E-state index contributed by atoms with van der Waals surface area (Å²) >= 11 is 0. The van der Waals surface area contributed by atoms with Gasteiger partial charge in [-0.3, -0.25) is 4.90 Å². The summed E-state index contributed by atoms with van der Waals surface area (Å²) in [5.41, 5.74) is 0.923. The van der Waals surface area contributed by atoms with Crippen LogP contribution in [0.4, 0.5) is 4.79 Å². The lowest BCUT2D eigenvalue weighted by atomic mass is 10.2. The number of hydrogen-bond acceptors (Lipinski definition) is 4. The van der Waals surface area contributed by atoms with Gasteiger partial charge in [-0.1, -0.05) is 30.3 Å². The Balaban J connectivity index is 1.91. The summed E-state index contributed by atoms with van der Waals surface area (Å²) in [7, 11) is 1.58. The van der Waals surface area contributed by atoms with Crippen molar-refractivity contribution >= 4 is 6.09 Å². The summed E-state index contributed by atoms with van der Waals surface area (Å²) in [5.74, 6) is 0. The van der Waals surface area contributed by atoms with Crippen LogP contribution in [0, 0.1) is 11.3 Å². The minimum atomic E-state index is -0.465. The van der Waals surface area contributed by atoms with Crippen LogP contribution in [0.15, 0.2) is 30.3 Å². The van der Waals surface area contributed by atoms with Gasteiger partial charge in [-0.15, -0.1) is 0 Å². The van der Waals surface area contributed by atoms with E-state index >= 15 is 0 Å². The normalized spacial score (nSPS) is 22.0. The third kappa shape index (κ3) is 3.24. The zero-order valence-corrected chi connectivity index (χ0v) is 10.8. The standard InChI is InChI=1S/C14H16N2O3/c1-18-13-7-12(8-15)16(9-13)14(17)19-10-11-5-3-2-4-6-11/h2-6,12-13H,7,9-10H2,1H3. The van der Waals surface area contributed by atoms with Gasteiger partial charge in [0.15, 0.2) is 0 Å². The topological polar surface area (TPSA) is 62.6 Å². The van der Waals surface area contributed by atoms with E-state index in [2.05, 4.69) is 6.07 Å². The molecule has 5 heteroatoms. The predicted molar refractivity (Wildman–Crippen MR) is 68.1 cm³/mol. The molecule has 5 nitrogen and oxygen atoms in total. The summed E-state index contributed by atoms with van der Waals surface area (Å²) in [6.07, 6.45) is -0.0168. The third-order valence-electron chi connectivity index (χ3n) is 3.18. The molecule has 0 aliphatic carbocycles. The second-order valence-electron chi connectivity index (χ2n) is 4.43. The molecule has 1 aromatic rings. The van der Waals surface area contributed by atoms with Crippen molar-refractivity contribution < 1.29 is 14.3 Å². The van der Waals surface area contributed by atoms with Crippen molar-refractivity contribution in [2.75, 3.05) is 13.7 Å². The molecule has 0 N–H and O–H groups in total. The molecule has 0 saturated carbocycles. The third-order valence-corrected chi connectivity index (χ3v) is 3.18. The van der Waals surface area contributed by atoms with Crippen molar-refractivity contribution in [1.82, 2.24) is 4.90 Å². The molecule has 0 aromatic heterocycles. The molecule has 0 radical (unpaired) electrons. The van der Waals surface area contributed by atoms with Crippen LogP contribution in [-0.4, -0.2) is 36.8 Å². The molecule has 0 bridgehead atoms. The average molecular weight is 260 g/mol. The number of nitrogens with zero attached hydrogens (tertiary/aromatic N) is 2. The van der Waals surface area contributed by atoms with E-state index in [1.165, 1.54) is 4.90 Å². The van der Waals surface area contributed by atoms with E-state index in [4.69, 9.17) is 14.7 Å². The molecule has 1 amide bonds. The lowest BCUT2D eigenvalue weighted by Gasteiger charge is -2.18. The van der Waals surface area contributed by atoms with Crippen LogP contribution in [-0.2, 0) is 16.1 Å². The maximum Gasteiger partial charge on any atom is 0.411 e. The number of methoxy groups -OCH3 is 1. The van der Waals surface area contributed by atoms with Gasteiger partial charge in [0.05, 0.1) is 18.7 Å². The first-order valence-electron chi connectivity index (χ1n) is 6.14. The van der Waals surface area contributed by atoms with Gasteiger partial charge >= 0.3 is 6.09 Å². The molecule has 0 spiro atoms. The van der Waals surface area contributed by atoms with Gasteiger partial charge in [0, 0.05) is 13.5 Å². The number of ether oxygens (including phenoxy) is 2. The molecule has 1 aliphatic rings. The molecular formula is C14H16N2O3. The van der Waals surface area contributed by atoms with Gasteiger partial charge in [-0.25, -0.2) is 4.79 Å². The molecule has 1 saturated heterocycles. The highest BCUT2D eigenvalue weighted by atomic mass is 16.6. The van der Waals surface area contributed by atoms with Crippen LogP contribution >= 0.6 is 0 Å². The largest absolute Gasteiger partial charge is 0.445 e. The fraction of sp³-hybridized carbons (Fsp3) is 0.429. The maximum absolute atomic E-state index is 11.9. The van der Waals surface area contributed by atoms with Gasteiger partial charge in [-0.05, 0) is 5.56 Å². The Morgan fingerprint density at radius 2 is 2.21 bits per heavy atom. The maximum atomic E-state index is 11.9. The number of nitriles is 1. The number of hydrogen-bond donors (Lipinski definition) is 0. The van der Waals surface area contributed by atoms with Crippen LogP contribution in [0.2, 0.25) is 0 Å². The first-order chi connectivity index (χ1) is 9.24. The van der Waals surface area contributed by atoms with Gasteiger partial charge in [-0.2, -0.15) is 5.26 Å². The Hall–Kier alpha value is -2.06. The van der Waals surface area contributed by atoms with Crippen LogP contribution in [0.25, 0.3) is 0 Å². The van der Waals surface area contributed by atoms with Crippen LogP contribution in [0.1, 0.15) is 12.0 Å². The average Bonchev–Trinajstić information content (AvgIpc) is 2.89. The van der Waals surface area contributed by atoms with Crippen molar-refractivity contribution in [3.05, 3.63) is 35.9 Å². The smallest absolute Gasteiger partial charge is 0.411 e. The first-order valence-corrected chi connectivity index (χ1v) is 6.14. The van der Waals surface area contributed by atoms with Crippen molar-refractivity contribution in [2.24, 2.45) is 0 Å². The Bertz CT molecular complexity index is 469. The molecule has 1 heterocycles. The number of amides is 1. The fourth-order valence-corrected chi connectivity index (χ4v) is 2.09. The molecule has 2 atom stereocenters. The van der Waals surface area contributed by atoms with E-state index < -0.39 is 12.1 Å². The SMILES string of the molecule is COC1CC(C#N)N(C(=O)OCc2ccccc2)C1. The molecule has 1 aromatic carbocycles. The lowest BCUT2D eigenvalue weighted by Crippen LogP contribution is -2.35. The zero-order chi connectivity index (χ0) is 13.7. The lowest BCUT2D eigenvalue weighted by molar-refractivity contribution is 0.0826. The summed E-state index contributed by atoms with van der Waals surface area (Å²) < 4.78 is 10.4. The quantitative estimate of drug-likeness (QED) is 0.833. The van der Waals surface area contributed by atoms with E-state index in [0.717, 1.165) is 5.56 Å². The molecule has 1 fully saturated rings. The highest BCUT2D eigenvalue weighted by Crippen LogP contribution is 2.20. The predicted octanol–water partition coefficient (Wildman–Crippen LogP) is 1.94. The number of benzene rings is 1. The number of rotatable bonds is 3. The van der Waals surface area contributed by atoms with E-state index in [-0.39, 0.29) is 12.7 Å². The minimum Gasteiger partial charge on any atom is -0.445 e. The van der Waals surface area contributed by atoms with E-state index in [9.17, 15) is 4.79 Å². The van der Waals surface area contributed by atoms with Crippen LogP contribution < -0.4 is 0 Å². The van der Waals surface area contributed by atoms with Crippen molar-refractivity contribution in [3.63, 3.8) is 0 Å². The van der Waals surface area contributed by atoms with Gasteiger partial charge in [0.1, 0.15) is 12.6 Å². The second-order valence-corrected chi connectivity index (χ2v) is 4.43. The van der Waals surface area contributed by atoms with Crippen molar-refractivity contribution in [1.29, 1.82) is 5.26 Å². The Kier molecular flexibility index (Phi) is 4.37. The molecule has 1 aliphatic heterocycles. The summed E-state index contributed by atoms with van der Waals surface area (Å²) in [6, 6.07) is 11.1. The second kappa shape index (κ2) is 6.21. The van der Waals surface area contributed by atoms with Crippen molar-refractivity contribution in [3.8, 4) is 6.07 Å². The zero-order valence-electron chi connectivity index (χ0n) is 10.8. The fourth-order valence-electron chi connectivity index (χ4n) is 2.09. The number of carbonyl (C=O) groups excluding carboxylic acids is 1. The highest BCUT2D eigenvalue weighted by Gasteiger charge is 2.36. The van der Waals surface area contributed by atoms with Crippen LogP contribution in [0.5, 0.6) is 0 Å².